The van der Waals surface area contributed by atoms with Crippen molar-refractivity contribution in [3.8, 4) is 16.3 Å². The van der Waals surface area contributed by atoms with Crippen molar-refractivity contribution in [1.82, 2.24) is 10.2 Å². The molecule has 1 heterocycles. The van der Waals surface area contributed by atoms with Crippen LogP contribution in [0.2, 0.25) is 0 Å². The van der Waals surface area contributed by atoms with Crippen molar-refractivity contribution in [2.75, 3.05) is 12.4 Å². The number of benzene rings is 2. The van der Waals surface area contributed by atoms with Gasteiger partial charge in [0.25, 0.3) is 0 Å². The van der Waals surface area contributed by atoms with Crippen molar-refractivity contribution >= 4 is 22.4 Å². The molecule has 1 aromatic heterocycles. The number of ether oxygens (including phenoxy) is 1. The lowest BCUT2D eigenvalue weighted by molar-refractivity contribution is -0.115. The highest BCUT2D eigenvalue weighted by molar-refractivity contribution is 7.18. The first-order valence-corrected chi connectivity index (χ1v) is 7.88. The molecular formula is C17H15N3O2S. The van der Waals surface area contributed by atoms with E-state index in [9.17, 15) is 4.79 Å². The summed E-state index contributed by atoms with van der Waals surface area (Å²) in [4.78, 5) is 12.2. The monoisotopic (exact) mass is 325 g/mol. The average molecular weight is 325 g/mol. The van der Waals surface area contributed by atoms with E-state index < -0.39 is 0 Å². The maximum absolute atomic E-state index is 12.2. The maximum Gasteiger partial charge on any atom is 0.230 e. The molecule has 1 N–H and O–H groups in total. The van der Waals surface area contributed by atoms with Gasteiger partial charge in [-0.05, 0) is 6.07 Å². The molecule has 5 nitrogen and oxygen atoms in total. The SMILES string of the molecule is COc1ccccc1CC(=O)Nc1nnc(-c2ccccc2)s1. The van der Waals surface area contributed by atoms with Gasteiger partial charge in [-0.15, -0.1) is 10.2 Å². The number of carbonyl (C=O) groups excluding carboxylic acids is 1. The Labute approximate surface area is 138 Å². The molecular weight excluding hydrogens is 310 g/mol. The predicted octanol–water partition coefficient (Wildman–Crippen LogP) is 3.39. The van der Waals surface area contributed by atoms with Crippen LogP contribution in [-0.2, 0) is 11.2 Å². The van der Waals surface area contributed by atoms with Gasteiger partial charge in [-0.1, -0.05) is 59.9 Å². The van der Waals surface area contributed by atoms with Crippen LogP contribution in [0.15, 0.2) is 54.6 Å². The molecule has 0 saturated carbocycles. The fourth-order valence-electron chi connectivity index (χ4n) is 2.16. The number of aromatic nitrogens is 2. The van der Waals surface area contributed by atoms with Gasteiger partial charge in [-0.3, -0.25) is 4.79 Å². The number of rotatable bonds is 5. The van der Waals surface area contributed by atoms with Gasteiger partial charge in [-0.25, -0.2) is 0 Å². The summed E-state index contributed by atoms with van der Waals surface area (Å²) < 4.78 is 5.25. The predicted molar refractivity (Wildman–Crippen MR) is 90.7 cm³/mol. The third-order valence-electron chi connectivity index (χ3n) is 3.24. The topological polar surface area (TPSA) is 64.1 Å². The van der Waals surface area contributed by atoms with Crippen molar-refractivity contribution in [2.24, 2.45) is 0 Å². The Morgan fingerprint density at radius 2 is 1.83 bits per heavy atom. The summed E-state index contributed by atoms with van der Waals surface area (Å²) in [7, 11) is 1.59. The second-order valence-electron chi connectivity index (χ2n) is 4.82. The van der Waals surface area contributed by atoms with Gasteiger partial charge in [0.1, 0.15) is 10.8 Å². The molecule has 116 valence electrons. The molecule has 0 radical (unpaired) electrons. The fourth-order valence-corrected chi connectivity index (χ4v) is 2.92. The molecule has 0 aliphatic heterocycles. The summed E-state index contributed by atoms with van der Waals surface area (Å²) in [6.07, 6.45) is 0.226. The normalized spacial score (nSPS) is 10.3. The standard InChI is InChI=1S/C17H15N3O2S/c1-22-14-10-6-5-9-13(14)11-15(21)18-17-20-19-16(23-17)12-7-3-2-4-8-12/h2-10H,11H2,1H3,(H,18,20,21). The zero-order valence-corrected chi connectivity index (χ0v) is 13.3. The van der Waals surface area contributed by atoms with Crippen LogP contribution in [0.25, 0.3) is 10.6 Å². The van der Waals surface area contributed by atoms with E-state index in [1.54, 1.807) is 7.11 Å². The van der Waals surface area contributed by atoms with E-state index in [4.69, 9.17) is 4.74 Å². The number of nitrogens with one attached hydrogen (secondary N) is 1. The zero-order valence-electron chi connectivity index (χ0n) is 12.5. The molecule has 0 aliphatic carbocycles. The number of carbonyl (C=O) groups is 1. The van der Waals surface area contributed by atoms with Crippen LogP contribution in [0.3, 0.4) is 0 Å². The number of amides is 1. The summed E-state index contributed by atoms with van der Waals surface area (Å²) in [5, 5.41) is 12.2. The number of nitrogens with zero attached hydrogens (tertiary/aromatic N) is 2. The maximum atomic E-state index is 12.2. The van der Waals surface area contributed by atoms with Gasteiger partial charge >= 0.3 is 0 Å². The minimum Gasteiger partial charge on any atom is -0.496 e. The molecule has 0 spiro atoms. The van der Waals surface area contributed by atoms with Crippen LogP contribution >= 0.6 is 11.3 Å². The Balaban J connectivity index is 1.68. The van der Waals surface area contributed by atoms with Crippen molar-refractivity contribution in [3.63, 3.8) is 0 Å². The van der Waals surface area contributed by atoms with Crippen LogP contribution in [0.5, 0.6) is 5.75 Å². The largest absolute Gasteiger partial charge is 0.496 e. The molecule has 2 aromatic carbocycles. The van der Waals surface area contributed by atoms with Gasteiger partial charge in [-0.2, -0.15) is 0 Å². The molecule has 3 aromatic rings. The lowest BCUT2D eigenvalue weighted by Crippen LogP contribution is -2.14. The van der Waals surface area contributed by atoms with Crippen molar-refractivity contribution in [2.45, 2.75) is 6.42 Å². The van der Waals surface area contributed by atoms with E-state index in [-0.39, 0.29) is 12.3 Å². The van der Waals surface area contributed by atoms with Gasteiger partial charge in [0.15, 0.2) is 0 Å². The number of hydrogen-bond donors (Lipinski definition) is 1. The second kappa shape index (κ2) is 7.02. The van der Waals surface area contributed by atoms with Crippen LogP contribution in [0, 0.1) is 0 Å². The first-order valence-electron chi connectivity index (χ1n) is 7.07. The second-order valence-corrected chi connectivity index (χ2v) is 5.79. The average Bonchev–Trinajstić information content (AvgIpc) is 3.04. The highest BCUT2D eigenvalue weighted by Gasteiger charge is 2.12. The fraction of sp³-hybridized carbons (Fsp3) is 0.118. The van der Waals surface area contributed by atoms with Crippen LogP contribution in [0.1, 0.15) is 5.56 Å². The van der Waals surface area contributed by atoms with Gasteiger partial charge in [0.05, 0.1) is 13.5 Å². The Bertz CT molecular complexity index is 802. The number of para-hydroxylation sites is 1. The summed E-state index contributed by atoms with van der Waals surface area (Å²) in [6.45, 7) is 0. The summed E-state index contributed by atoms with van der Waals surface area (Å²) >= 11 is 1.35. The van der Waals surface area contributed by atoms with Crippen molar-refractivity contribution < 1.29 is 9.53 Å². The molecule has 3 rings (SSSR count). The van der Waals surface area contributed by atoms with E-state index in [1.165, 1.54) is 11.3 Å². The third kappa shape index (κ3) is 3.73. The number of anilines is 1. The first-order chi connectivity index (χ1) is 11.3. The lowest BCUT2D eigenvalue weighted by Gasteiger charge is -2.07. The highest BCUT2D eigenvalue weighted by Crippen LogP contribution is 2.26. The Kier molecular flexibility index (Phi) is 4.63. The molecule has 0 atom stereocenters. The minimum absolute atomic E-state index is 0.148. The summed E-state index contributed by atoms with van der Waals surface area (Å²) in [5.74, 6) is 0.551. The molecule has 0 saturated heterocycles. The minimum atomic E-state index is -0.148. The van der Waals surface area contributed by atoms with Gasteiger partial charge in [0, 0.05) is 11.1 Å². The van der Waals surface area contributed by atoms with E-state index >= 15 is 0 Å². The van der Waals surface area contributed by atoms with Crippen molar-refractivity contribution in [3.05, 3.63) is 60.2 Å². The Morgan fingerprint density at radius 3 is 2.61 bits per heavy atom. The quantitative estimate of drug-likeness (QED) is 0.781. The van der Waals surface area contributed by atoms with E-state index in [0.717, 1.165) is 16.1 Å². The lowest BCUT2D eigenvalue weighted by atomic mass is 10.1. The number of hydrogen-bond acceptors (Lipinski definition) is 5. The Hall–Kier alpha value is -2.73. The third-order valence-corrected chi connectivity index (χ3v) is 4.12. The zero-order chi connectivity index (χ0) is 16.1. The number of methoxy groups -OCH3 is 1. The van der Waals surface area contributed by atoms with Gasteiger partial charge in [0.2, 0.25) is 11.0 Å². The van der Waals surface area contributed by atoms with E-state index in [1.807, 2.05) is 54.6 Å². The molecule has 0 aliphatic rings. The molecule has 0 unspecified atom stereocenters. The van der Waals surface area contributed by atoms with E-state index in [0.29, 0.717) is 10.9 Å². The molecule has 6 heteroatoms. The van der Waals surface area contributed by atoms with Crippen LogP contribution in [-0.4, -0.2) is 23.2 Å². The van der Waals surface area contributed by atoms with Crippen molar-refractivity contribution in [1.29, 1.82) is 0 Å². The van der Waals surface area contributed by atoms with E-state index in [2.05, 4.69) is 15.5 Å². The van der Waals surface area contributed by atoms with Crippen LogP contribution in [0.4, 0.5) is 5.13 Å². The molecule has 1 amide bonds. The molecule has 23 heavy (non-hydrogen) atoms. The van der Waals surface area contributed by atoms with Gasteiger partial charge < -0.3 is 10.1 Å². The summed E-state index contributed by atoms with van der Waals surface area (Å²) in [5.41, 5.74) is 1.82. The first kappa shape index (κ1) is 15.2. The molecule has 0 fully saturated rings. The molecule has 0 bridgehead atoms. The van der Waals surface area contributed by atoms with Crippen LogP contribution < -0.4 is 10.1 Å². The smallest absolute Gasteiger partial charge is 0.230 e. The summed E-state index contributed by atoms with van der Waals surface area (Å²) in [6, 6.07) is 17.2. The highest BCUT2D eigenvalue weighted by atomic mass is 32.1. The Morgan fingerprint density at radius 1 is 1.09 bits per heavy atom.